The number of fused-ring (bicyclic) bond motifs is 1. The molecular weight excluding hydrogens is 394 g/mol. The van der Waals surface area contributed by atoms with Gasteiger partial charge in [0.25, 0.3) is 10.0 Å². The summed E-state index contributed by atoms with van der Waals surface area (Å²) in [4.78, 5) is 23.2. The highest BCUT2D eigenvalue weighted by Gasteiger charge is 2.46. The molecule has 0 spiro atoms. The number of nitrogens with zero attached hydrogens (tertiary/aromatic N) is 1. The molecule has 2 aliphatic heterocycles. The summed E-state index contributed by atoms with van der Waals surface area (Å²) < 4.78 is 27.6. The quantitative estimate of drug-likeness (QED) is 0.680. The van der Waals surface area contributed by atoms with E-state index in [1.807, 2.05) is 0 Å². The van der Waals surface area contributed by atoms with Crippen molar-refractivity contribution in [2.45, 2.75) is 34.7 Å². The van der Waals surface area contributed by atoms with Gasteiger partial charge in [-0.15, -0.1) is 23.1 Å². The number of carbonyl (C=O) groups is 2. The second-order valence-corrected chi connectivity index (χ2v) is 11.1. The van der Waals surface area contributed by atoms with Crippen molar-refractivity contribution in [2.75, 3.05) is 13.1 Å². The fourth-order valence-electron chi connectivity index (χ4n) is 3.16. The Morgan fingerprint density at radius 2 is 2.15 bits per heavy atom. The summed E-state index contributed by atoms with van der Waals surface area (Å²) in [5, 5.41) is 5.76. The highest BCUT2D eigenvalue weighted by atomic mass is 32.2. The van der Waals surface area contributed by atoms with Gasteiger partial charge in [-0.05, 0) is 30.5 Å². The van der Waals surface area contributed by atoms with Crippen molar-refractivity contribution in [2.24, 2.45) is 5.92 Å². The van der Waals surface area contributed by atoms with Crippen molar-refractivity contribution in [3.8, 4) is 0 Å². The number of nitrogens with one attached hydrogen (secondary N) is 2. The third-order valence-electron chi connectivity index (χ3n) is 4.43. The largest absolute Gasteiger partial charge is 0.351 e. The van der Waals surface area contributed by atoms with Crippen LogP contribution in [0, 0.1) is 5.92 Å². The maximum absolute atomic E-state index is 12.9. The Labute approximate surface area is 161 Å². The van der Waals surface area contributed by atoms with E-state index in [1.54, 1.807) is 23.9 Å². The molecule has 0 aromatic carbocycles. The van der Waals surface area contributed by atoms with Gasteiger partial charge in [-0.25, -0.2) is 8.42 Å². The second-order valence-electron chi connectivity index (χ2n) is 6.32. The normalized spacial score (nSPS) is 25.7. The molecule has 0 saturated carbocycles. The molecule has 0 radical (unpaired) electrons. The average Bonchev–Trinajstić information content (AvgIpc) is 3.27. The summed E-state index contributed by atoms with van der Waals surface area (Å²) >= 11 is 2.82. The topological polar surface area (TPSA) is 95.6 Å². The number of thiophene rings is 1. The van der Waals surface area contributed by atoms with E-state index in [2.05, 4.69) is 17.2 Å². The molecule has 2 fully saturated rings. The van der Waals surface area contributed by atoms with Crippen molar-refractivity contribution in [3.05, 3.63) is 29.7 Å². The van der Waals surface area contributed by atoms with Crippen LogP contribution in [0.3, 0.4) is 0 Å². The molecule has 2 saturated heterocycles. The smallest absolute Gasteiger partial charge is 0.252 e. The number of sulfonamides is 1. The van der Waals surface area contributed by atoms with Gasteiger partial charge in [0.05, 0.1) is 11.9 Å². The van der Waals surface area contributed by atoms with E-state index in [1.165, 1.54) is 28.6 Å². The fraction of sp³-hybridized carbons (Fsp3) is 0.500. The summed E-state index contributed by atoms with van der Waals surface area (Å²) in [6, 6.07) is 3.34. The molecule has 1 aromatic rings. The van der Waals surface area contributed by atoms with Crippen LogP contribution in [-0.4, -0.2) is 48.3 Å². The Balaban J connectivity index is 1.62. The first-order valence-corrected chi connectivity index (χ1v) is 11.4. The van der Waals surface area contributed by atoms with Gasteiger partial charge in [0.15, 0.2) is 0 Å². The highest BCUT2D eigenvalue weighted by Crippen LogP contribution is 2.43. The molecule has 1 aromatic heterocycles. The lowest BCUT2D eigenvalue weighted by molar-refractivity contribution is -0.119. The van der Waals surface area contributed by atoms with Crippen LogP contribution in [0.1, 0.15) is 18.2 Å². The average molecular weight is 416 g/mol. The zero-order valence-corrected chi connectivity index (χ0v) is 16.8. The van der Waals surface area contributed by atoms with Crippen LogP contribution >= 0.6 is 23.1 Å². The fourth-order valence-corrected chi connectivity index (χ4v) is 7.88. The van der Waals surface area contributed by atoms with Gasteiger partial charge in [-0.2, -0.15) is 4.31 Å². The van der Waals surface area contributed by atoms with E-state index in [9.17, 15) is 18.0 Å². The lowest BCUT2D eigenvalue weighted by atomic mass is 10.1. The van der Waals surface area contributed by atoms with Gasteiger partial charge in [-0.3, -0.25) is 9.59 Å². The van der Waals surface area contributed by atoms with Gasteiger partial charge in [0.2, 0.25) is 11.8 Å². The molecule has 142 valence electrons. The minimum absolute atomic E-state index is 0.0198. The minimum Gasteiger partial charge on any atom is -0.351 e. The lowest BCUT2D eigenvalue weighted by Crippen LogP contribution is -2.33. The Morgan fingerprint density at radius 3 is 2.81 bits per heavy atom. The minimum atomic E-state index is -3.52. The van der Waals surface area contributed by atoms with Crippen LogP contribution in [0.25, 0.3) is 0 Å². The summed E-state index contributed by atoms with van der Waals surface area (Å²) in [5.74, 6) is -0.105. The number of carbonyl (C=O) groups excluding carboxylic acids is 2. The van der Waals surface area contributed by atoms with Crippen molar-refractivity contribution < 1.29 is 18.0 Å². The Hall–Kier alpha value is -1.36. The van der Waals surface area contributed by atoms with Crippen LogP contribution in [0.4, 0.5) is 0 Å². The maximum Gasteiger partial charge on any atom is 0.252 e. The van der Waals surface area contributed by atoms with Gasteiger partial charge in [0.1, 0.15) is 4.21 Å². The molecule has 2 aliphatic rings. The van der Waals surface area contributed by atoms with Gasteiger partial charge in [-0.1, -0.05) is 6.58 Å². The third kappa shape index (κ3) is 4.13. The molecule has 3 heterocycles. The molecule has 2 amide bonds. The third-order valence-corrected chi connectivity index (χ3v) is 9.34. The molecule has 3 atom stereocenters. The number of hydrogen-bond donors (Lipinski definition) is 2. The molecule has 26 heavy (non-hydrogen) atoms. The number of hydrogen-bond acceptors (Lipinski definition) is 6. The second kappa shape index (κ2) is 7.71. The molecule has 10 heteroatoms. The van der Waals surface area contributed by atoms with E-state index >= 15 is 0 Å². The first kappa shape index (κ1) is 19.4. The monoisotopic (exact) mass is 415 g/mol. The molecule has 3 unspecified atom stereocenters. The first-order chi connectivity index (χ1) is 12.3. The zero-order valence-electron chi connectivity index (χ0n) is 14.3. The first-order valence-electron chi connectivity index (χ1n) is 8.21. The van der Waals surface area contributed by atoms with Crippen molar-refractivity contribution in [3.63, 3.8) is 0 Å². The summed E-state index contributed by atoms with van der Waals surface area (Å²) in [6.07, 6.45) is 2.01. The predicted octanol–water partition coefficient (Wildman–Crippen LogP) is 1.14. The molecule has 7 nitrogen and oxygen atoms in total. The van der Waals surface area contributed by atoms with E-state index in [0.717, 1.165) is 11.3 Å². The Morgan fingerprint density at radius 1 is 1.38 bits per heavy atom. The van der Waals surface area contributed by atoms with Gasteiger partial charge in [0, 0.05) is 30.1 Å². The van der Waals surface area contributed by atoms with E-state index in [0.29, 0.717) is 23.8 Å². The lowest BCUT2D eigenvalue weighted by Gasteiger charge is -2.18. The zero-order chi connectivity index (χ0) is 18.9. The van der Waals surface area contributed by atoms with E-state index < -0.39 is 10.0 Å². The van der Waals surface area contributed by atoms with E-state index in [4.69, 9.17) is 0 Å². The summed E-state index contributed by atoms with van der Waals surface area (Å²) in [6.45, 7) is 6.14. The molecular formula is C16H21N3O4S3. The van der Waals surface area contributed by atoms with Gasteiger partial charge >= 0.3 is 0 Å². The molecule has 0 aliphatic carbocycles. The Kier molecular flexibility index (Phi) is 5.75. The summed E-state index contributed by atoms with van der Waals surface area (Å²) in [5.41, 5.74) is 0. The molecule has 3 rings (SSSR count). The van der Waals surface area contributed by atoms with Crippen LogP contribution in [0.15, 0.2) is 29.0 Å². The number of amides is 2. The van der Waals surface area contributed by atoms with Gasteiger partial charge < -0.3 is 10.6 Å². The van der Waals surface area contributed by atoms with Crippen LogP contribution in [0.5, 0.6) is 0 Å². The number of rotatable bonds is 6. The maximum atomic E-state index is 12.9. The van der Waals surface area contributed by atoms with Crippen LogP contribution in [-0.2, 0) is 26.2 Å². The summed E-state index contributed by atoms with van der Waals surface area (Å²) in [7, 11) is -3.52. The Bertz CT molecular complexity index is 806. The SMILES string of the molecule is C=CC(=O)NC1CC2CN(S(=O)(=O)c3ccc(CNC(C)=O)s3)CC2S1. The number of thioether (sulfide) groups is 1. The van der Waals surface area contributed by atoms with Crippen molar-refractivity contribution in [1.29, 1.82) is 0 Å². The van der Waals surface area contributed by atoms with E-state index in [-0.39, 0.29) is 28.4 Å². The molecule has 0 bridgehead atoms. The van der Waals surface area contributed by atoms with Crippen LogP contribution < -0.4 is 10.6 Å². The predicted molar refractivity (Wildman–Crippen MR) is 102 cm³/mol. The standard InChI is InChI=1S/C16H21N3O4S3/c1-3-14(21)18-15-6-11-8-19(9-13(11)25-15)26(22,23)16-5-4-12(24-16)7-17-10(2)20/h3-5,11,13,15H,1,6-9H2,2H3,(H,17,20)(H,18,21). The highest BCUT2D eigenvalue weighted by molar-refractivity contribution is 8.00. The van der Waals surface area contributed by atoms with Crippen LogP contribution in [0.2, 0.25) is 0 Å². The van der Waals surface area contributed by atoms with Crippen molar-refractivity contribution >= 4 is 44.9 Å². The molecule has 2 N–H and O–H groups in total. The van der Waals surface area contributed by atoms with Crippen molar-refractivity contribution in [1.82, 2.24) is 14.9 Å².